The van der Waals surface area contributed by atoms with Gasteiger partial charge in [-0.15, -0.1) is 0 Å². The van der Waals surface area contributed by atoms with E-state index in [0.717, 1.165) is 4.31 Å². The van der Waals surface area contributed by atoms with E-state index in [-0.39, 0.29) is 32.2 Å². The Balaban J connectivity index is 2.11. The summed E-state index contributed by atoms with van der Waals surface area (Å²) in [5.74, 6) is -0.558. The molecule has 2 aromatic rings. The number of sulfonamides is 1. The highest BCUT2D eigenvalue weighted by Crippen LogP contribution is 2.32. The lowest BCUT2D eigenvalue weighted by molar-refractivity contribution is -0.116. The van der Waals surface area contributed by atoms with Crippen LogP contribution < -0.4 is 5.32 Å². The first-order valence-corrected chi connectivity index (χ1v) is 9.25. The monoisotopic (exact) mass is 406 g/mol. The maximum atomic E-state index is 12.4. The molecule has 0 aliphatic carbocycles. The van der Waals surface area contributed by atoms with Crippen LogP contribution in [0.15, 0.2) is 47.4 Å². The molecule has 128 valence electrons. The van der Waals surface area contributed by atoms with Crippen molar-refractivity contribution in [1.29, 1.82) is 0 Å². The van der Waals surface area contributed by atoms with E-state index in [2.05, 4.69) is 5.32 Å². The summed E-state index contributed by atoms with van der Waals surface area (Å²) < 4.78 is 25.7. The Morgan fingerprint density at radius 2 is 1.62 bits per heavy atom. The van der Waals surface area contributed by atoms with E-state index in [1.165, 1.54) is 31.3 Å². The molecule has 0 radical (unpaired) electrons. The lowest BCUT2D eigenvalue weighted by Gasteiger charge is -2.17. The molecule has 0 aliphatic heterocycles. The predicted octanol–water partition coefficient (Wildman–Crippen LogP) is 3.91. The third-order valence-corrected chi connectivity index (χ3v) is 5.95. The first-order chi connectivity index (χ1) is 11.2. The molecule has 2 aromatic carbocycles. The van der Waals surface area contributed by atoms with Crippen molar-refractivity contribution in [3.8, 4) is 0 Å². The minimum absolute atomic E-state index is 0.105. The highest BCUT2D eigenvalue weighted by Gasteiger charge is 2.23. The molecule has 0 heterocycles. The van der Waals surface area contributed by atoms with Crippen LogP contribution in [0.4, 0.5) is 5.69 Å². The van der Waals surface area contributed by atoms with Crippen LogP contribution in [0.5, 0.6) is 0 Å². The Kier molecular flexibility index (Phi) is 6.11. The molecule has 0 saturated heterocycles. The number of anilines is 1. The fourth-order valence-electron chi connectivity index (χ4n) is 1.87. The van der Waals surface area contributed by atoms with E-state index in [1.54, 1.807) is 18.2 Å². The highest BCUT2D eigenvalue weighted by atomic mass is 35.5. The number of benzene rings is 2. The molecule has 0 unspecified atom stereocenters. The normalized spacial score (nSPS) is 11.5. The van der Waals surface area contributed by atoms with Crippen molar-refractivity contribution < 1.29 is 13.2 Å². The fourth-order valence-corrected chi connectivity index (χ4v) is 3.61. The Morgan fingerprint density at radius 3 is 2.25 bits per heavy atom. The van der Waals surface area contributed by atoms with Gasteiger partial charge < -0.3 is 5.32 Å². The molecule has 0 spiro atoms. The number of carbonyl (C=O) groups is 1. The SMILES string of the molecule is CN(CC(=O)Nc1cc(Cl)c(Cl)cc1Cl)S(=O)(=O)c1ccccc1. The summed E-state index contributed by atoms with van der Waals surface area (Å²) in [4.78, 5) is 12.2. The van der Waals surface area contributed by atoms with Crippen LogP contribution in [-0.4, -0.2) is 32.2 Å². The summed E-state index contributed by atoms with van der Waals surface area (Å²) in [7, 11) is -2.44. The predicted molar refractivity (Wildman–Crippen MR) is 96.4 cm³/mol. The molecule has 0 saturated carbocycles. The lowest BCUT2D eigenvalue weighted by atomic mass is 10.3. The van der Waals surface area contributed by atoms with Gasteiger partial charge in [0.05, 0.1) is 32.2 Å². The van der Waals surface area contributed by atoms with Gasteiger partial charge >= 0.3 is 0 Å². The van der Waals surface area contributed by atoms with Gasteiger partial charge in [-0.05, 0) is 24.3 Å². The quantitative estimate of drug-likeness (QED) is 0.764. The molecule has 0 aromatic heterocycles. The molecule has 1 N–H and O–H groups in total. The van der Waals surface area contributed by atoms with Gasteiger partial charge in [0, 0.05) is 7.05 Å². The molecule has 0 fully saturated rings. The average molecular weight is 408 g/mol. The number of likely N-dealkylation sites (N-methyl/N-ethyl adjacent to an activating group) is 1. The maximum absolute atomic E-state index is 12.4. The number of hydrogen-bond acceptors (Lipinski definition) is 3. The van der Waals surface area contributed by atoms with Gasteiger partial charge in [-0.25, -0.2) is 8.42 Å². The summed E-state index contributed by atoms with van der Waals surface area (Å²) in [6, 6.07) is 10.6. The molecule has 2 rings (SSSR count). The zero-order chi connectivity index (χ0) is 17.9. The Bertz CT molecular complexity index is 858. The van der Waals surface area contributed by atoms with Gasteiger partial charge in [0.2, 0.25) is 15.9 Å². The minimum Gasteiger partial charge on any atom is -0.324 e. The van der Waals surface area contributed by atoms with E-state index in [0.29, 0.717) is 0 Å². The largest absolute Gasteiger partial charge is 0.324 e. The number of nitrogens with one attached hydrogen (secondary N) is 1. The summed E-state index contributed by atoms with van der Waals surface area (Å²) in [6.45, 7) is -0.381. The Hall–Kier alpha value is -1.31. The van der Waals surface area contributed by atoms with Crippen LogP contribution in [0, 0.1) is 0 Å². The molecule has 0 aliphatic rings. The molecular weight excluding hydrogens is 395 g/mol. The van der Waals surface area contributed by atoms with Crippen LogP contribution in [-0.2, 0) is 14.8 Å². The molecule has 0 atom stereocenters. The van der Waals surface area contributed by atoms with Gasteiger partial charge in [-0.1, -0.05) is 53.0 Å². The van der Waals surface area contributed by atoms with Crippen LogP contribution in [0.1, 0.15) is 0 Å². The van der Waals surface area contributed by atoms with Gasteiger partial charge in [0.15, 0.2) is 0 Å². The smallest absolute Gasteiger partial charge is 0.243 e. The van der Waals surface area contributed by atoms with Crippen LogP contribution >= 0.6 is 34.8 Å². The number of carbonyl (C=O) groups excluding carboxylic acids is 1. The average Bonchev–Trinajstić information content (AvgIpc) is 2.53. The molecule has 9 heteroatoms. The maximum Gasteiger partial charge on any atom is 0.243 e. The fraction of sp³-hybridized carbons (Fsp3) is 0.133. The number of halogens is 3. The topological polar surface area (TPSA) is 66.5 Å². The number of nitrogens with zero attached hydrogens (tertiary/aromatic N) is 1. The number of rotatable bonds is 5. The Morgan fingerprint density at radius 1 is 1.04 bits per heavy atom. The second-order valence-electron chi connectivity index (χ2n) is 4.87. The van der Waals surface area contributed by atoms with E-state index in [4.69, 9.17) is 34.8 Å². The number of amides is 1. The lowest BCUT2D eigenvalue weighted by Crippen LogP contribution is -2.35. The molecule has 24 heavy (non-hydrogen) atoms. The first-order valence-electron chi connectivity index (χ1n) is 6.67. The first kappa shape index (κ1) is 19.0. The molecule has 1 amide bonds. The van der Waals surface area contributed by atoms with Crippen molar-refractivity contribution in [2.75, 3.05) is 18.9 Å². The number of hydrogen-bond donors (Lipinski definition) is 1. The van der Waals surface area contributed by atoms with Crippen molar-refractivity contribution >= 4 is 56.4 Å². The van der Waals surface area contributed by atoms with Gasteiger partial charge in [0.1, 0.15) is 0 Å². The third kappa shape index (κ3) is 4.40. The van der Waals surface area contributed by atoms with E-state index >= 15 is 0 Å². The standard InChI is InChI=1S/C15H13Cl3N2O3S/c1-20(24(22,23)10-5-3-2-4-6-10)9-15(21)19-14-8-12(17)11(16)7-13(14)18/h2-8H,9H2,1H3,(H,19,21). The van der Waals surface area contributed by atoms with Crippen molar-refractivity contribution in [3.05, 3.63) is 57.5 Å². The Labute approximate surface area is 155 Å². The second-order valence-corrected chi connectivity index (χ2v) is 8.13. The van der Waals surface area contributed by atoms with Gasteiger partial charge in [-0.3, -0.25) is 4.79 Å². The highest BCUT2D eigenvalue weighted by molar-refractivity contribution is 7.89. The summed E-state index contributed by atoms with van der Waals surface area (Å²) in [6.07, 6.45) is 0. The van der Waals surface area contributed by atoms with Gasteiger partial charge in [0.25, 0.3) is 0 Å². The van der Waals surface area contributed by atoms with Crippen molar-refractivity contribution in [2.45, 2.75) is 4.90 Å². The third-order valence-electron chi connectivity index (χ3n) is 3.10. The van der Waals surface area contributed by atoms with E-state index in [1.807, 2.05) is 0 Å². The second kappa shape index (κ2) is 7.72. The zero-order valence-corrected chi connectivity index (χ0v) is 15.5. The van der Waals surface area contributed by atoms with Crippen molar-refractivity contribution in [2.24, 2.45) is 0 Å². The summed E-state index contributed by atoms with van der Waals surface area (Å²) in [5, 5.41) is 3.19. The summed E-state index contributed by atoms with van der Waals surface area (Å²) in [5.41, 5.74) is 0.251. The van der Waals surface area contributed by atoms with Crippen LogP contribution in [0.2, 0.25) is 15.1 Å². The molecule has 5 nitrogen and oxygen atoms in total. The molecular formula is C15H13Cl3N2O3S. The van der Waals surface area contributed by atoms with Crippen LogP contribution in [0.25, 0.3) is 0 Å². The summed E-state index contributed by atoms with van der Waals surface area (Å²) >= 11 is 17.7. The van der Waals surface area contributed by atoms with Gasteiger partial charge in [-0.2, -0.15) is 4.31 Å². The minimum atomic E-state index is -3.76. The van der Waals surface area contributed by atoms with E-state index < -0.39 is 15.9 Å². The zero-order valence-electron chi connectivity index (χ0n) is 12.5. The molecule has 0 bridgehead atoms. The van der Waals surface area contributed by atoms with Crippen LogP contribution in [0.3, 0.4) is 0 Å². The van der Waals surface area contributed by atoms with E-state index in [9.17, 15) is 13.2 Å². The van der Waals surface area contributed by atoms with Crippen molar-refractivity contribution in [3.63, 3.8) is 0 Å². The van der Waals surface area contributed by atoms with Crippen molar-refractivity contribution in [1.82, 2.24) is 4.31 Å².